The highest BCUT2D eigenvalue weighted by atomic mass is 16.2. The zero-order chi connectivity index (χ0) is 19.2. The number of hydrogen-bond acceptors (Lipinski definition) is 4. The van der Waals surface area contributed by atoms with Crippen LogP contribution in [0.1, 0.15) is 34.5 Å². The minimum Gasteiger partial charge on any atom is -0.369 e. The maximum atomic E-state index is 12.9. The van der Waals surface area contributed by atoms with E-state index in [-0.39, 0.29) is 5.91 Å². The molecule has 0 unspecified atom stereocenters. The third-order valence-electron chi connectivity index (χ3n) is 5.02. The Hall–Kier alpha value is -3.21. The minimum absolute atomic E-state index is 0.0877. The summed E-state index contributed by atoms with van der Waals surface area (Å²) in [6.45, 7) is 1.54. The van der Waals surface area contributed by atoms with Gasteiger partial charge in [-0.2, -0.15) is 0 Å². The fourth-order valence-corrected chi connectivity index (χ4v) is 3.57. The predicted molar refractivity (Wildman–Crippen MR) is 112 cm³/mol. The number of amides is 1. The van der Waals surface area contributed by atoms with Crippen LogP contribution in [-0.2, 0) is 12.8 Å². The highest BCUT2D eigenvalue weighted by Crippen LogP contribution is 2.27. The fraction of sp³-hybridized carbons (Fsp3) is 0.261. The molecule has 5 heteroatoms. The normalized spacial score (nSPS) is 13.1. The monoisotopic (exact) mass is 372 g/mol. The lowest BCUT2D eigenvalue weighted by Crippen LogP contribution is -2.36. The molecular weight excluding hydrogens is 348 g/mol. The van der Waals surface area contributed by atoms with Crippen LogP contribution in [0.2, 0.25) is 0 Å². The lowest BCUT2D eigenvalue weighted by Gasteiger charge is -2.29. The van der Waals surface area contributed by atoms with E-state index in [1.54, 1.807) is 12.4 Å². The van der Waals surface area contributed by atoms with Crippen LogP contribution in [-0.4, -0.2) is 29.0 Å². The number of para-hydroxylation sites is 1. The lowest BCUT2D eigenvalue weighted by atomic mass is 10.0. The molecule has 1 amide bonds. The lowest BCUT2D eigenvalue weighted by molar-refractivity contribution is 0.0980. The molecule has 0 aliphatic carbocycles. The molecule has 2 aromatic carbocycles. The van der Waals surface area contributed by atoms with E-state index in [1.165, 1.54) is 11.1 Å². The first-order chi connectivity index (χ1) is 13.8. The van der Waals surface area contributed by atoms with Crippen LogP contribution in [0.3, 0.4) is 0 Å². The van der Waals surface area contributed by atoms with Crippen LogP contribution in [0.15, 0.2) is 67.0 Å². The van der Waals surface area contributed by atoms with Crippen LogP contribution in [0.5, 0.6) is 0 Å². The predicted octanol–water partition coefficient (Wildman–Crippen LogP) is 4.11. The molecular formula is C23H24N4O. The van der Waals surface area contributed by atoms with E-state index in [9.17, 15) is 4.79 Å². The van der Waals surface area contributed by atoms with E-state index in [2.05, 4.69) is 45.6 Å². The Morgan fingerprint density at radius 2 is 1.82 bits per heavy atom. The second-order valence-corrected chi connectivity index (χ2v) is 6.99. The third kappa shape index (κ3) is 4.19. The molecule has 5 nitrogen and oxygen atoms in total. The fourth-order valence-electron chi connectivity index (χ4n) is 3.57. The summed E-state index contributed by atoms with van der Waals surface area (Å²) < 4.78 is 0. The first-order valence-electron chi connectivity index (χ1n) is 9.81. The molecule has 0 saturated carbocycles. The van der Waals surface area contributed by atoms with Crippen molar-refractivity contribution in [1.29, 1.82) is 0 Å². The molecule has 0 bridgehead atoms. The molecule has 142 valence electrons. The maximum absolute atomic E-state index is 12.9. The van der Waals surface area contributed by atoms with E-state index >= 15 is 0 Å². The number of anilines is 2. The van der Waals surface area contributed by atoms with Crippen LogP contribution in [0, 0.1) is 0 Å². The number of benzene rings is 2. The number of aromatic nitrogens is 2. The van der Waals surface area contributed by atoms with Crippen LogP contribution in [0.4, 0.5) is 11.5 Å². The molecule has 1 aromatic heterocycles. The molecule has 1 aliphatic heterocycles. The Balaban J connectivity index is 1.34. The second-order valence-electron chi connectivity index (χ2n) is 6.99. The van der Waals surface area contributed by atoms with Gasteiger partial charge in [-0.1, -0.05) is 48.5 Å². The summed E-state index contributed by atoms with van der Waals surface area (Å²) in [6, 6.07) is 18.5. The Morgan fingerprint density at radius 3 is 2.64 bits per heavy atom. The summed E-state index contributed by atoms with van der Waals surface area (Å²) >= 11 is 0. The summed E-state index contributed by atoms with van der Waals surface area (Å²) in [5.74, 6) is 0.610. The van der Waals surface area contributed by atoms with Crippen molar-refractivity contribution in [2.75, 3.05) is 23.3 Å². The van der Waals surface area contributed by atoms with Crippen LogP contribution in [0.25, 0.3) is 0 Å². The third-order valence-corrected chi connectivity index (χ3v) is 5.02. The number of hydrogen-bond donors (Lipinski definition) is 1. The number of rotatable bonds is 6. The first-order valence-corrected chi connectivity index (χ1v) is 9.81. The summed E-state index contributed by atoms with van der Waals surface area (Å²) in [5.41, 5.74) is 3.92. The number of nitrogens with zero attached hydrogens (tertiary/aromatic N) is 3. The van der Waals surface area contributed by atoms with Crippen molar-refractivity contribution in [3.63, 3.8) is 0 Å². The molecule has 3 aromatic rings. The molecule has 4 rings (SSSR count). The highest BCUT2D eigenvalue weighted by molar-refractivity contribution is 6.05. The summed E-state index contributed by atoms with van der Waals surface area (Å²) in [4.78, 5) is 23.4. The number of fused-ring (bicyclic) bond motifs is 1. The minimum atomic E-state index is -0.0877. The van der Waals surface area contributed by atoms with Gasteiger partial charge in [0.05, 0.1) is 12.4 Å². The maximum Gasteiger partial charge on any atom is 0.278 e. The van der Waals surface area contributed by atoms with Gasteiger partial charge in [-0.15, -0.1) is 0 Å². The van der Waals surface area contributed by atoms with Gasteiger partial charge in [0.2, 0.25) is 0 Å². The molecule has 0 atom stereocenters. The van der Waals surface area contributed by atoms with Crippen LogP contribution >= 0.6 is 0 Å². The first kappa shape index (κ1) is 18.2. The molecule has 0 spiro atoms. The summed E-state index contributed by atoms with van der Waals surface area (Å²) in [5, 5.41) is 3.28. The zero-order valence-corrected chi connectivity index (χ0v) is 15.8. The number of carbonyl (C=O) groups is 1. The Bertz CT molecular complexity index is 925. The second kappa shape index (κ2) is 8.65. The van der Waals surface area contributed by atoms with E-state index in [4.69, 9.17) is 0 Å². The van der Waals surface area contributed by atoms with Crippen molar-refractivity contribution in [1.82, 2.24) is 9.97 Å². The molecule has 28 heavy (non-hydrogen) atoms. The average Bonchev–Trinajstić information content (AvgIpc) is 2.77. The van der Waals surface area contributed by atoms with Crippen molar-refractivity contribution in [3.05, 3.63) is 83.8 Å². The van der Waals surface area contributed by atoms with Crippen molar-refractivity contribution in [2.45, 2.75) is 25.7 Å². The van der Waals surface area contributed by atoms with Gasteiger partial charge >= 0.3 is 0 Å². The largest absolute Gasteiger partial charge is 0.369 e. The molecule has 0 fully saturated rings. The SMILES string of the molecule is O=C(c1cnc(NCCCc2ccccc2)cn1)N1CCCc2ccccc21. The quantitative estimate of drug-likeness (QED) is 0.662. The van der Waals surface area contributed by atoms with E-state index in [0.717, 1.165) is 44.5 Å². The van der Waals surface area contributed by atoms with Crippen molar-refractivity contribution < 1.29 is 4.79 Å². The van der Waals surface area contributed by atoms with Gasteiger partial charge in [0.15, 0.2) is 0 Å². The highest BCUT2D eigenvalue weighted by Gasteiger charge is 2.24. The van der Waals surface area contributed by atoms with Gasteiger partial charge in [0, 0.05) is 18.8 Å². The van der Waals surface area contributed by atoms with Gasteiger partial charge in [0.25, 0.3) is 5.91 Å². The zero-order valence-electron chi connectivity index (χ0n) is 15.8. The number of aryl methyl sites for hydroxylation is 2. The van der Waals surface area contributed by atoms with Gasteiger partial charge in [0.1, 0.15) is 11.5 Å². The van der Waals surface area contributed by atoms with E-state index < -0.39 is 0 Å². The molecule has 0 radical (unpaired) electrons. The Labute approximate surface area is 165 Å². The Kier molecular flexibility index (Phi) is 5.61. The number of carbonyl (C=O) groups excluding carboxylic acids is 1. The van der Waals surface area contributed by atoms with Gasteiger partial charge in [-0.25, -0.2) is 9.97 Å². The molecule has 1 aliphatic rings. The van der Waals surface area contributed by atoms with E-state index in [1.807, 2.05) is 29.2 Å². The summed E-state index contributed by atoms with van der Waals surface area (Å²) in [6.07, 6.45) is 7.22. The van der Waals surface area contributed by atoms with Crippen LogP contribution < -0.4 is 10.2 Å². The summed E-state index contributed by atoms with van der Waals surface area (Å²) in [7, 11) is 0. The van der Waals surface area contributed by atoms with E-state index in [0.29, 0.717) is 11.5 Å². The average molecular weight is 372 g/mol. The Morgan fingerprint density at radius 1 is 1.00 bits per heavy atom. The molecule has 1 N–H and O–H groups in total. The van der Waals surface area contributed by atoms with Gasteiger partial charge < -0.3 is 10.2 Å². The number of nitrogens with one attached hydrogen (secondary N) is 1. The smallest absolute Gasteiger partial charge is 0.278 e. The standard InChI is InChI=1S/C23H24N4O/c28-23(27-15-7-12-19-11-4-5-13-21(19)27)20-16-26-22(17-25-20)24-14-6-10-18-8-2-1-3-9-18/h1-5,8-9,11,13,16-17H,6-7,10,12,14-15H2,(H,24,26). The molecule has 2 heterocycles. The topological polar surface area (TPSA) is 58.1 Å². The van der Waals surface area contributed by atoms with Gasteiger partial charge in [-0.05, 0) is 42.9 Å². The van der Waals surface area contributed by atoms with Gasteiger partial charge in [-0.3, -0.25) is 4.79 Å². The van der Waals surface area contributed by atoms with Crippen molar-refractivity contribution in [2.24, 2.45) is 0 Å². The molecule has 0 saturated heterocycles. The van der Waals surface area contributed by atoms with Crippen molar-refractivity contribution in [3.8, 4) is 0 Å². The van der Waals surface area contributed by atoms with Crippen molar-refractivity contribution >= 4 is 17.4 Å².